The lowest BCUT2D eigenvalue weighted by atomic mass is 9.89. The maximum Gasteiger partial charge on any atom is 0.233 e. The molecule has 1 aromatic rings. The first-order valence-corrected chi connectivity index (χ1v) is 7.21. The minimum atomic E-state index is -0.241. The molecule has 1 aromatic carbocycles. The Bertz CT molecular complexity index is 418. The Balaban J connectivity index is 1.81. The van der Waals surface area contributed by atoms with Crippen molar-refractivity contribution in [2.75, 3.05) is 0 Å². The molecule has 0 spiro atoms. The molecule has 0 radical (unpaired) electrons. The number of aliphatic hydroxyl groups excluding tert-OH is 1. The van der Waals surface area contributed by atoms with Crippen LogP contribution in [0.1, 0.15) is 19.8 Å². The molecule has 18 heavy (non-hydrogen) atoms. The number of aliphatic hydroxyl groups is 1. The molecule has 1 aliphatic rings. The van der Waals surface area contributed by atoms with E-state index in [4.69, 9.17) is 16.7 Å². The monoisotopic (exact) mass is 285 g/mol. The van der Waals surface area contributed by atoms with Crippen LogP contribution in [-0.4, -0.2) is 28.4 Å². The Kier molecular flexibility index (Phi) is 4.54. The zero-order chi connectivity index (χ0) is 13.1. The van der Waals surface area contributed by atoms with E-state index in [1.54, 1.807) is 0 Å². The zero-order valence-electron chi connectivity index (χ0n) is 10.1. The highest BCUT2D eigenvalue weighted by atomic mass is 35.5. The molecule has 1 amide bonds. The first-order chi connectivity index (χ1) is 8.54. The van der Waals surface area contributed by atoms with E-state index in [-0.39, 0.29) is 23.3 Å². The van der Waals surface area contributed by atoms with Gasteiger partial charge < -0.3 is 10.4 Å². The molecule has 0 saturated heterocycles. The second kappa shape index (κ2) is 5.95. The van der Waals surface area contributed by atoms with Crippen molar-refractivity contribution in [2.24, 2.45) is 0 Å². The summed E-state index contributed by atoms with van der Waals surface area (Å²) in [5.74, 6) is 0.0202. The highest BCUT2D eigenvalue weighted by molar-refractivity contribution is 8.00. The van der Waals surface area contributed by atoms with Gasteiger partial charge in [0, 0.05) is 16.0 Å². The molecular weight excluding hydrogens is 270 g/mol. The van der Waals surface area contributed by atoms with E-state index in [2.05, 4.69) is 5.32 Å². The van der Waals surface area contributed by atoms with Gasteiger partial charge in [-0.05, 0) is 44.0 Å². The molecule has 5 heteroatoms. The minimum Gasteiger partial charge on any atom is -0.393 e. The summed E-state index contributed by atoms with van der Waals surface area (Å²) >= 11 is 7.31. The molecule has 0 aliphatic heterocycles. The van der Waals surface area contributed by atoms with Crippen molar-refractivity contribution in [2.45, 2.75) is 42.1 Å². The van der Waals surface area contributed by atoms with Crippen molar-refractivity contribution >= 4 is 29.3 Å². The van der Waals surface area contributed by atoms with Crippen molar-refractivity contribution in [3.63, 3.8) is 0 Å². The average molecular weight is 286 g/mol. The van der Waals surface area contributed by atoms with Crippen molar-refractivity contribution < 1.29 is 9.90 Å². The summed E-state index contributed by atoms with van der Waals surface area (Å²) in [7, 11) is 0. The molecule has 0 aromatic heterocycles. The Labute approximate surface area is 116 Å². The third-order valence-corrected chi connectivity index (χ3v) is 4.32. The van der Waals surface area contributed by atoms with E-state index in [0.717, 1.165) is 4.90 Å². The summed E-state index contributed by atoms with van der Waals surface area (Å²) in [5.41, 5.74) is 0. The van der Waals surface area contributed by atoms with Crippen LogP contribution in [0.25, 0.3) is 0 Å². The van der Waals surface area contributed by atoms with Gasteiger partial charge in [-0.2, -0.15) is 0 Å². The number of halogens is 1. The number of thioether (sulfide) groups is 1. The number of benzene rings is 1. The molecule has 1 atom stereocenters. The summed E-state index contributed by atoms with van der Waals surface area (Å²) in [6, 6.07) is 7.59. The lowest BCUT2D eigenvalue weighted by Crippen LogP contribution is -2.48. The fourth-order valence-corrected chi connectivity index (χ4v) is 2.80. The van der Waals surface area contributed by atoms with E-state index in [1.807, 2.05) is 31.2 Å². The molecule has 98 valence electrons. The molecule has 1 fully saturated rings. The van der Waals surface area contributed by atoms with Gasteiger partial charge in [0.1, 0.15) is 0 Å². The molecule has 2 rings (SSSR count). The number of hydrogen-bond donors (Lipinski definition) is 2. The van der Waals surface area contributed by atoms with Crippen LogP contribution in [-0.2, 0) is 4.79 Å². The largest absolute Gasteiger partial charge is 0.393 e. The normalized spacial score (nSPS) is 24.2. The van der Waals surface area contributed by atoms with Gasteiger partial charge >= 0.3 is 0 Å². The first kappa shape index (κ1) is 13.7. The lowest BCUT2D eigenvalue weighted by molar-refractivity contribution is -0.122. The lowest BCUT2D eigenvalue weighted by Gasteiger charge is -2.32. The van der Waals surface area contributed by atoms with E-state index in [9.17, 15) is 4.79 Å². The van der Waals surface area contributed by atoms with Gasteiger partial charge in [-0.15, -0.1) is 11.8 Å². The van der Waals surface area contributed by atoms with Crippen LogP contribution in [0.4, 0.5) is 0 Å². The summed E-state index contributed by atoms with van der Waals surface area (Å²) in [5, 5.41) is 12.6. The summed E-state index contributed by atoms with van der Waals surface area (Å²) in [6.45, 7) is 1.88. The van der Waals surface area contributed by atoms with E-state index in [0.29, 0.717) is 17.9 Å². The minimum absolute atomic E-state index is 0.0202. The number of amides is 1. The van der Waals surface area contributed by atoms with Crippen LogP contribution in [0.3, 0.4) is 0 Å². The van der Waals surface area contributed by atoms with Gasteiger partial charge in [0.15, 0.2) is 0 Å². The predicted molar refractivity (Wildman–Crippen MR) is 73.9 cm³/mol. The Morgan fingerprint density at radius 3 is 2.61 bits per heavy atom. The molecule has 1 saturated carbocycles. The predicted octanol–water partition coefficient (Wildman–Crippen LogP) is 2.46. The second-order valence-corrected chi connectivity index (χ2v) is 6.40. The van der Waals surface area contributed by atoms with Crippen molar-refractivity contribution in [1.82, 2.24) is 5.32 Å². The summed E-state index contributed by atoms with van der Waals surface area (Å²) in [4.78, 5) is 12.9. The van der Waals surface area contributed by atoms with Crippen molar-refractivity contribution in [1.29, 1.82) is 0 Å². The molecule has 0 heterocycles. The first-order valence-electron chi connectivity index (χ1n) is 5.95. The molecule has 1 aliphatic carbocycles. The third kappa shape index (κ3) is 3.64. The van der Waals surface area contributed by atoms with Crippen LogP contribution >= 0.6 is 23.4 Å². The Morgan fingerprint density at radius 2 is 2.06 bits per heavy atom. The molecule has 1 unspecified atom stereocenters. The number of carbonyl (C=O) groups excluding carboxylic acids is 1. The highest BCUT2D eigenvalue weighted by Crippen LogP contribution is 2.26. The van der Waals surface area contributed by atoms with Crippen LogP contribution in [0.5, 0.6) is 0 Å². The van der Waals surface area contributed by atoms with Gasteiger partial charge in [0.2, 0.25) is 5.91 Å². The maximum absolute atomic E-state index is 11.9. The fourth-order valence-electron chi connectivity index (χ4n) is 1.80. The number of hydrogen-bond acceptors (Lipinski definition) is 3. The van der Waals surface area contributed by atoms with Crippen LogP contribution in [0.15, 0.2) is 29.2 Å². The standard InChI is InChI=1S/C13H16ClNO2S/c1-8(13(17)15-10-6-11(16)7-10)18-12-4-2-9(14)3-5-12/h2-5,8,10-11,16H,6-7H2,1H3,(H,15,17). The van der Waals surface area contributed by atoms with Crippen LogP contribution < -0.4 is 5.32 Å². The Morgan fingerprint density at radius 1 is 1.44 bits per heavy atom. The number of nitrogens with one attached hydrogen (secondary N) is 1. The highest BCUT2D eigenvalue weighted by Gasteiger charge is 2.29. The SMILES string of the molecule is CC(Sc1ccc(Cl)cc1)C(=O)NC1CC(O)C1. The van der Waals surface area contributed by atoms with Gasteiger partial charge in [0.05, 0.1) is 11.4 Å². The zero-order valence-corrected chi connectivity index (χ0v) is 11.7. The van der Waals surface area contributed by atoms with E-state index >= 15 is 0 Å². The van der Waals surface area contributed by atoms with Gasteiger partial charge in [-0.25, -0.2) is 0 Å². The quantitative estimate of drug-likeness (QED) is 0.836. The number of rotatable bonds is 4. The fraction of sp³-hybridized carbons (Fsp3) is 0.462. The second-order valence-electron chi connectivity index (χ2n) is 4.54. The molecular formula is C13H16ClNO2S. The van der Waals surface area contributed by atoms with Crippen LogP contribution in [0.2, 0.25) is 5.02 Å². The number of carbonyl (C=O) groups is 1. The van der Waals surface area contributed by atoms with E-state index in [1.165, 1.54) is 11.8 Å². The van der Waals surface area contributed by atoms with Crippen molar-refractivity contribution in [3.8, 4) is 0 Å². The topological polar surface area (TPSA) is 49.3 Å². The molecule has 0 bridgehead atoms. The molecule has 3 nitrogen and oxygen atoms in total. The van der Waals surface area contributed by atoms with Gasteiger partial charge in [-0.1, -0.05) is 11.6 Å². The molecule has 2 N–H and O–H groups in total. The summed E-state index contributed by atoms with van der Waals surface area (Å²) in [6.07, 6.45) is 1.10. The van der Waals surface area contributed by atoms with Gasteiger partial charge in [0.25, 0.3) is 0 Å². The Hall–Kier alpha value is -0.710. The van der Waals surface area contributed by atoms with E-state index < -0.39 is 0 Å². The maximum atomic E-state index is 11.9. The smallest absolute Gasteiger partial charge is 0.233 e. The van der Waals surface area contributed by atoms with Gasteiger partial charge in [-0.3, -0.25) is 4.79 Å². The van der Waals surface area contributed by atoms with Crippen molar-refractivity contribution in [3.05, 3.63) is 29.3 Å². The third-order valence-electron chi connectivity index (χ3n) is 2.96. The van der Waals surface area contributed by atoms with Crippen LogP contribution in [0, 0.1) is 0 Å². The summed E-state index contributed by atoms with van der Waals surface area (Å²) < 4.78 is 0. The average Bonchev–Trinajstić information content (AvgIpc) is 2.30.